The highest BCUT2D eigenvalue weighted by molar-refractivity contribution is 5.00. The normalized spacial score (nSPS) is 17.8. The van der Waals surface area contributed by atoms with Gasteiger partial charge in [0, 0.05) is 7.11 Å². The molecule has 0 spiro atoms. The van der Waals surface area contributed by atoms with Gasteiger partial charge in [0.05, 0.1) is 12.0 Å². The van der Waals surface area contributed by atoms with Crippen LogP contribution in [0.3, 0.4) is 0 Å². The van der Waals surface area contributed by atoms with Gasteiger partial charge in [-0.1, -0.05) is 32.9 Å². The van der Waals surface area contributed by atoms with E-state index >= 15 is 0 Å². The van der Waals surface area contributed by atoms with E-state index in [4.69, 9.17) is 9.26 Å². The van der Waals surface area contributed by atoms with Crippen molar-refractivity contribution in [3.8, 4) is 0 Å². The Balaban J connectivity index is 2.94. The van der Waals surface area contributed by atoms with Crippen molar-refractivity contribution in [1.29, 1.82) is 0 Å². The molecular weight excluding hydrogens is 220 g/mol. The van der Waals surface area contributed by atoms with Crippen molar-refractivity contribution in [2.45, 2.75) is 52.7 Å². The molecule has 0 saturated carbocycles. The highest BCUT2D eigenvalue weighted by Crippen LogP contribution is 2.34. The van der Waals surface area contributed by atoms with Gasteiger partial charge < -0.3 is 14.4 Å². The van der Waals surface area contributed by atoms with E-state index in [-0.39, 0.29) is 17.4 Å². The molecule has 0 amide bonds. The van der Waals surface area contributed by atoms with Crippen molar-refractivity contribution in [2.75, 3.05) is 7.11 Å². The van der Waals surface area contributed by atoms with Gasteiger partial charge in [0.2, 0.25) is 11.7 Å². The minimum Gasteiger partial charge on any atom is -0.393 e. The zero-order chi connectivity index (χ0) is 13.2. The smallest absolute Gasteiger partial charge is 0.232 e. The Kier molecular flexibility index (Phi) is 4.27. The van der Waals surface area contributed by atoms with Crippen molar-refractivity contribution in [2.24, 2.45) is 5.41 Å². The molecule has 17 heavy (non-hydrogen) atoms. The number of methoxy groups -OCH3 is 1. The summed E-state index contributed by atoms with van der Waals surface area (Å²) >= 11 is 0. The van der Waals surface area contributed by atoms with Crippen LogP contribution in [0, 0.1) is 5.41 Å². The SMILES string of the molecule is COC(c1noc(C(C)C(C)O)n1)C(C)(C)C. The Labute approximate surface area is 102 Å². The Morgan fingerprint density at radius 1 is 1.29 bits per heavy atom. The van der Waals surface area contributed by atoms with Crippen LogP contribution in [0.1, 0.15) is 58.4 Å². The summed E-state index contributed by atoms with van der Waals surface area (Å²) in [5, 5.41) is 13.4. The Morgan fingerprint density at radius 3 is 2.29 bits per heavy atom. The van der Waals surface area contributed by atoms with Gasteiger partial charge >= 0.3 is 0 Å². The number of nitrogens with zero attached hydrogens (tertiary/aromatic N) is 2. The predicted molar refractivity (Wildman–Crippen MR) is 63.6 cm³/mol. The third-order valence-electron chi connectivity index (χ3n) is 2.83. The number of aromatic nitrogens is 2. The summed E-state index contributed by atoms with van der Waals surface area (Å²) in [5.74, 6) is 0.803. The van der Waals surface area contributed by atoms with E-state index in [9.17, 15) is 5.11 Å². The molecule has 0 aliphatic rings. The standard InChI is InChI=1S/C12H22N2O3/c1-7(8(2)15)11-13-10(14-17-11)9(16-6)12(3,4)5/h7-9,15H,1-6H3. The van der Waals surface area contributed by atoms with Gasteiger partial charge in [-0.05, 0) is 12.3 Å². The number of ether oxygens (including phenoxy) is 1. The van der Waals surface area contributed by atoms with E-state index in [0.717, 1.165) is 0 Å². The van der Waals surface area contributed by atoms with Crippen LogP contribution in [-0.4, -0.2) is 28.5 Å². The van der Waals surface area contributed by atoms with Crippen LogP contribution in [0.25, 0.3) is 0 Å². The highest BCUT2D eigenvalue weighted by Gasteiger charge is 2.31. The van der Waals surface area contributed by atoms with Crippen LogP contribution in [0.5, 0.6) is 0 Å². The average Bonchev–Trinajstić information content (AvgIpc) is 2.64. The molecule has 98 valence electrons. The van der Waals surface area contributed by atoms with E-state index in [1.54, 1.807) is 14.0 Å². The van der Waals surface area contributed by atoms with E-state index in [2.05, 4.69) is 30.9 Å². The second-order valence-electron chi connectivity index (χ2n) is 5.50. The third-order valence-corrected chi connectivity index (χ3v) is 2.83. The zero-order valence-corrected chi connectivity index (χ0v) is 11.4. The van der Waals surface area contributed by atoms with Gasteiger partial charge in [-0.2, -0.15) is 4.98 Å². The first-order chi connectivity index (χ1) is 7.77. The summed E-state index contributed by atoms with van der Waals surface area (Å²) in [7, 11) is 1.63. The van der Waals surface area contributed by atoms with Crippen molar-refractivity contribution < 1.29 is 14.4 Å². The lowest BCUT2D eigenvalue weighted by atomic mass is 9.88. The maximum atomic E-state index is 9.48. The summed E-state index contributed by atoms with van der Waals surface area (Å²) in [6.07, 6.45) is -0.736. The summed E-state index contributed by atoms with van der Waals surface area (Å²) in [5.41, 5.74) is -0.107. The molecule has 0 aliphatic heterocycles. The minimum absolute atomic E-state index is 0.107. The zero-order valence-electron chi connectivity index (χ0n) is 11.4. The molecule has 1 heterocycles. The predicted octanol–water partition coefficient (Wildman–Crippen LogP) is 2.29. The highest BCUT2D eigenvalue weighted by atomic mass is 16.5. The molecule has 1 N–H and O–H groups in total. The molecule has 0 bridgehead atoms. The first-order valence-electron chi connectivity index (χ1n) is 5.81. The number of hydrogen-bond donors (Lipinski definition) is 1. The number of aliphatic hydroxyl groups is 1. The third kappa shape index (κ3) is 3.26. The van der Waals surface area contributed by atoms with Crippen LogP contribution in [0.15, 0.2) is 4.52 Å². The van der Waals surface area contributed by atoms with Gasteiger partial charge in [0.15, 0.2) is 0 Å². The lowest BCUT2D eigenvalue weighted by molar-refractivity contribution is 0.00718. The molecule has 0 saturated heterocycles. The summed E-state index contributed by atoms with van der Waals surface area (Å²) in [6.45, 7) is 9.70. The summed E-state index contributed by atoms with van der Waals surface area (Å²) < 4.78 is 10.6. The maximum Gasteiger partial charge on any atom is 0.232 e. The molecule has 0 fully saturated rings. The molecule has 5 heteroatoms. The fourth-order valence-corrected chi connectivity index (χ4v) is 1.59. The molecule has 0 aromatic carbocycles. The van der Waals surface area contributed by atoms with E-state index in [1.807, 2.05) is 6.92 Å². The van der Waals surface area contributed by atoms with Crippen molar-refractivity contribution in [3.63, 3.8) is 0 Å². The number of hydrogen-bond acceptors (Lipinski definition) is 5. The second kappa shape index (κ2) is 5.14. The van der Waals surface area contributed by atoms with Gasteiger partial charge in [0.25, 0.3) is 0 Å². The Hall–Kier alpha value is -0.940. The maximum absolute atomic E-state index is 9.48. The molecule has 1 aromatic rings. The second-order valence-corrected chi connectivity index (χ2v) is 5.50. The molecule has 0 radical (unpaired) electrons. The molecular formula is C12H22N2O3. The summed E-state index contributed by atoms with van der Waals surface area (Å²) in [4.78, 5) is 4.31. The molecule has 1 aromatic heterocycles. The van der Waals surface area contributed by atoms with Crippen molar-refractivity contribution in [1.82, 2.24) is 10.1 Å². The fraction of sp³-hybridized carbons (Fsp3) is 0.833. The van der Waals surface area contributed by atoms with Crippen LogP contribution in [-0.2, 0) is 4.74 Å². The fourth-order valence-electron chi connectivity index (χ4n) is 1.59. The van der Waals surface area contributed by atoms with E-state index < -0.39 is 6.10 Å². The molecule has 3 unspecified atom stereocenters. The van der Waals surface area contributed by atoms with Crippen LogP contribution < -0.4 is 0 Å². The largest absolute Gasteiger partial charge is 0.393 e. The van der Waals surface area contributed by atoms with Crippen LogP contribution in [0.4, 0.5) is 0 Å². The van der Waals surface area contributed by atoms with Gasteiger partial charge in [-0.25, -0.2) is 0 Å². The van der Waals surface area contributed by atoms with E-state index in [1.165, 1.54) is 0 Å². The molecule has 1 rings (SSSR count). The van der Waals surface area contributed by atoms with E-state index in [0.29, 0.717) is 11.7 Å². The average molecular weight is 242 g/mol. The number of aliphatic hydroxyl groups excluding tert-OH is 1. The first-order valence-corrected chi connectivity index (χ1v) is 5.81. The lowest BCUT2D eigenvalue weighted by Gasteiger charge is -2.26. The number of rotatable bonds is 4. The quantitative estimate of drug-likeness (QED) is 0.877. The first kappa shape index (κ1) is 14.1. The van der Waals surface area contributed by atoms with Gasteiger partial charge in [-0.3, -0.25) is 0 Å². The lowest BCUT2D eigenvalue weighted by Crippen LogP contribution is -2.21. The monoisotopic (exact) mass is 242 g/mol. The molecule has 5 nitrogen and oxygen atoms in total. The van der Waals surface area contributed by atoms with Crippen molar-refractivity contribution in [3.05, 3.63) is 11.7 Å². The van der Waals surface area contributed by atoms with Crippen molar-refractivity contribution >= 4 is 0 Å². The van der Waals surface area contributed by atoms with Crippen LogP contribution >= 0.6 is 0 Å². The molecule has 3 atom stereocenters. The topological polar surface area (TPSA) is 68.4 Å². The van der Waals surface area contributed by atoms with Gasteiger partial charge in [0.1, 0.15) is 6.10 Å². The van der Waals surface area contributed by atoms with Crippen LogP contribution in [0.2, 0.25) is 0 Å². The Morgan fingerprint density at radius 2 is 1.88 bits per heavy atom. The minimum atomic E-state index is -0.515. The van der Waals surface area contributed by atoms with Gasteiger partial charge in [-0.15, -0.1) is 0 Å². The molecule has 0 aliphatic carbocycles. The Bertz CT molecular complexity index is 355. The summed E-state index contributed by atoms with van der Waals surface area (Å²) in [6, 6.07) is 0.